The average Bonchev–Trinajstić information content (AvgIpc) is 3.71. The van der Waals surface area contributed by atoms with Crippen LogP contribution in [0.3, 0.4) is 0 Å². The van der Waals surface area contributed by atoms with E-state index in [1.807, 2.05) is 37.3 Å². The summed E-state index contributed by atoms with van der Waals surface area (Å²) in [5.41, 5.74) is 3.65. The number of amides is 1. The topological polar surface area (TPSA) is 81.2 Å². The zero-order valence-corrected chi connectivity index (χ0v) is 23.8. The van der Waals surface area contributed by atoms with Crippen molar-refractivity contribution in [2.24, 2.45) is 5.92 Å². The van der Waals surface area contributed by atoms with Crippen molar-refractivity contribution in [2.45, 2.75) is 51.3 Å². The number of methoxy groups -OCH3 is 1. The number of carbonyl (C=O) groups excluding carboxylic acids is 2. The number of nitrogens with zero attached hydrogens (tertiary/aromatic N) is 3. The second-order valence-corrected chi connectivity index (χ2v) is 11.0. The number of hydrogen-bond acceptors (Lipinski definition) is 7. The number of hydrogen-bond donors (Lipinski definition) is 0. The SMILES string of the molecule is CCOC(=O)[C@@H]1C[C@H]1c1ccc(OC)c(-c2ccc(N3CCC3)nc2CN2C(=O)O[C@H](c3ccc(F)c(F)c3)[C@@H]2C)c1. The summed E-state index contributed by atoms with van der Waals surface area (Å²) in [6, 6.07) is 12.9. The standard InChI is InChI=1S/C32H33F2N3O5/c1-4-41-31(38)24-16-22(24)19-7-10-28(40-3)23(14-19)21-8-11-29(36-12-5-13-36)35-27(21)17-37-18(2)30(42-32(37)39)20-6-9-25(33)26(34)15-20/h6-11,14-15,18,22,24,30H,4-5,12-13,16-17H2,1-3H3/t18-,22-,24+,30-/m0/s1. The van der Waals surface area contributed by atoms with Crippen LogP contribution >= 0.6 is 0 Å². The van der Waals surface area contributed by atoms with Gasteiger partial charge in [0.05, 0.1) is 37.9 Å². The maximum absolute atomic E-state index is 14.0. The number of aromatic nitrogens is 1. The summed E-state index contributed by atoms with van der Waals surface area (Å²) >= 11 is 0. The van der Waals surface area contributed by atoms with Crippen LogP contribution in [0.4, 0.5) is 19.4 Å². The number of pyridine rings is 1. The number of carbonyl (C=O) groups is 2. The Bertz CT molecular complexity index is 1530. The normalized spacial score (nSPS) is 22.9. The van der Waals surface area contributed by atoms with Gasteiger partial charge < -0.3 is 19.1 Å². The van der Waals surface area contributed by atoms with Crippen LogP contribution in [0.1, 0.15) is 55.5 Å². The third-order valence-electron chi connectivity index (χ3n) is 8.45. The van der Waals surface area contributed by atoms with E-state index in [1.54, 1.807) is 18.9 Å². The number of anilines is 1. The van der Waals surface area contributed by atoms with Crippen LogP contribution in [0.25, 0.3) is 11.1 Å². The lowest BCUT2D eigenvalue weighted by Gasteiger charge is -2.33. The van der Waals surface area contributed by atoms with Crippen LogP contribution in [-0.4, -0.2) is 54.8 Å². The van der Waals surface area contributed by atoms with Gasteiger partial charge in [-0.3, -0.25) is 9.69 Å². The molecular formula is C32H33F2N3O5. The van der Waals surface area contributed by atoms with Gasteiger partial charge >= 0.3 is 12.1 Å². The molecule has 42 heavy (non-hydrogen) atoms. The molecule has 3 heterocycles. The highest BCUT2D eigenvalue weighted by atomic mass is 19.2. The largest absolute Gasteiger partial charge is 0.496 e. The van der Waals surface area contributed by atoms with Crippen molar-refractivity contribution in [1.29, 1.82) is 0 Å². The number of cyclic esters (lactones) is 1. The van der Waals surface area contributed by atoms with Gasteiger partial charge in [0.1, 0.15) is 17.7 Å². The highest BCUT2D eigenvalue weighted by Gasteiger charge is 2.45. The van der Waals surface area contributed by atoms with Crippen LogP contribution in [-0.2, 0) is 20.8 Å². The molecule has 1 amide bonds. The third-order valence-corrected chi connectivity index (χ3v) is 8.45. The summed E-state index contributed by atoms with van der Waals surface area (Å²) in [6.45, 7) is 5.92. The summed E-state index contributed by atoms with van der Waals surface area (Å²) in [5, 5.41) is 0. The molecule has 0 bridgehead atoms. The third kappa shape index (κ3) is 5.14. The fraction of sp³-hybridized carbons (Fsp3) is 0.406. The van der Waals surface area contributed by atoms with E-state index in [4.69, 9.17) is 19.2 Å². The van der Waals surface area contributed by atoms with E-state index in [9.17, 15) is 18.4 Å². The minimum atomic E-state index is -0.992. The molecule has 0 spiro atoms. The molecule has 4 atom stereocenters. The fourth-order valence-electron chi connectivity index (χ4n) is 5.83. The smallest absolute Gasteiger partial charge is 0.411 e. The van der Waals surface area contributed by atoms with Crippen molar-refractivity contribution in [2.75, 3.05) is 31.7 Å². The number of halogens is 2. The van der Waals surface area contributed by atoms with E-state index in [-0.39, 0.29) is 24.3 Å². The van der Waals surface area contributed by atoms with Crippen molar-refractivity contribution >= 4 is 17.9 Å². The summed E-state index contributed by atoms with van der Waals surface area (Å²) in [7, 11) is 1.60. The Balaban J connectivity index is 1.34. The summed E-state index contributed by atoms with van der Waals surface area (Å²) in [4.78, 5) is 34.2. The van der Waals surface area contributed by atoms with Crippen LogP contribution in [0.2, 0.25) is 0 Å². The van der Waals surface area contributed by atoms with E-state index < -0.39 is 29.9 Å². The van der Waals surface area contributed by atoms with Gasteiger partial charge in [-0.25, -0.2) is 18.6 Å². The highest BCUT2D eigenvalue weighted by Crippen LogP contribution is 2.50. The second kappa shape index (κ2) is 11.2. The van der Waals surface area contributed by atoms with E-state index >= 15 is 0 Å². The van der Waals surface area contributed by atoms with Crippen molar-refractivity contribution in [3.63, 3.8) is 0 Å². The van der Waals surface area contributed by atoms with Gasteiger partial charge in [0.15, 0.2) is 11.6 Å². The van der Waals surface area contributed by atoms with Gasteiger partial charge in [-0.05, 0) is 80.1 Å². The zero-order valence-electron chi connectivity index (χ0n) is 23.8. The van der Waals surface area contributed by atoms with E-state index in [2.05, 4.69) is 4.90 Å². The molecule has 3 aromatic rings. The fourth-order valence-corrected chi connectivity index (χ4v) is 5.83. The van der Waals surface area contributed by atoms with Gasteiger partial charge in [-0.2, -0.15) is 0 Å². The zero-order chi connectivity index (χ0) is 29.5. The van der Waals surface area contributed by atoms with E-state index in [0.29, 0.717) is 23.6 Å². The minimum absolute atomic E-state index is 0.0657. The van der Waals surface area contributed by atoms with E-state index in [1.165, 1.54) is 6.07 Å². The molecule has 2 saturated heterocycles. The Morgan fingerprint density at radius 3 is 2.52 bits per heavy atom. The first-order valence-electron chi connectivity index (χ1n) is 14.3. The Kier molecular flexibility index (Phi) is 7.47. The molecule has 3 fully saturated rings. The van der Waals surface area contributed by atoms with Gasteiger partial charge in [-0.1, -0.05) is 12.1 Å². The predicted molar refractivity (Wildman–Crippen MR) is 151 cm³/mol. The van der Waals surface area contributed by atoms with Crippen LogP contribution in [0.15, 0.2) is 48.5 Å². The lowest BCUT2D eigenvalue weighted by atomic mass is 9.97. The second-order valence-electron chi connectivity index (χ2n) is 11.0. The predicted octanol–water partition coefficient (Wildman–Crippen LogP) is 5.99. The van der Waals surface area contributed by atoms with Crippen molar-refractivity contribution < 1.29 is 32.6 Å². The molecule has 2 aliphatic heterocycles. The number of rotatable bonds is 9. The quantitative estimate of drug-likeness (QED) is 0.289. The van der Waals surface area contributed by atoms with Gasteiger partial charge in [0, 0.05) is 24.2 Å². The molecule has 0 radical (unpaired) electrons. The summed E-state index contributed by atoms with van der Waals surface area (Å²) in [6.07, 6.45) is 0.493. The first-order valence-corrected chi connectivity index (χ1v) is 14.3. The Labute approximate surface area is 243 Å². The molecule has 2 aromatic carbocycles. The molecule has 220 valence electrons. The molecule has 1 aromatic heterocycles. The molecule has 10 heteroatoms. The molecule has 8 nitrogen and oxygen atoms in total. The Hall–Kier alpha value is -4.21. The Morgan fingerprint density at radius 1 is 1.05 bits per heavy atom. The van der Waals surface area contributed by atoms with Crippen molar-refractivity contribution in [1.82, 2.24) is 9.88 Å². The van der Waals surface area contributed by atoms with E-state index in [0.717, 1.165) is 60.6 Å². The number of benzene rings is 2. The molecule has 1 saturated carbocycles. The molecular weight excluding hydrogens is 544 g/mol. The lowest BCUT2D eigenvalue weighted by molar-refractivity contribution is -0.144. The molecule has 3 aliphatic rings. The summed E-state index contributed by atoms with van der Waals surface area (Å²) in [5.74, 6) is -0.769. The Morgan fingerprint density at radius 2 is 1.83 bits per heavy atom. The minimum Gasteiger partial charge on any atom is -0.496 e. The first kappa shape index (κ1) is 27.9. The first-order chi connectivity index (χ1) is 20.3. The maximum atomic E-state index is 14.0. The molecule has 6 rings (SSSR count). The molecule has 1 aliphatic carbocycles. The molecule has 0 N–H and O–H groups in total. The lowest BCUT2D eigenvalue weighted by Crippen LogP contribution is -2.38. The van der Waals surface area contributed by atoms with Gasteiger partial charge in [0.2, 0.25) is 0 Å². The van der Waals surface area contributed by atoms with Crippen LogP contribution < -0.4 is 9.64 Å². The highest BCUT2D eigenvalue weighted by molar-refractivity contribution is 5.79. The summed E-state index contributed by atoms with van der Waals surface area (Å²) < 4.78 is 44.2. The van der Waals surface area contributed by atoms with Gasteiger partial charge in [0.25, 0.3) is 0 Å². The van der Waals surface area contributed by atoms with Crippen LogP contribution in [0.5, 0.6) is 5.75 Å². The number of ether oxygens (including phenoxy) is 3. The van der Waals surface area contributed by atoms with Crippen LogP contribution in [0, 0.1) is 17.6 Å². The van der Waals surface area contributed by atoms with Crippen molar-refractivity contribution in [3.8, 4) is 16.9 Å². The van der Waals surface area contributed by atoms with Crippen molar-refractivity contribution in [3.05, 3.63) is 77.0 Å². The number of esters is 1. The van der Waals surface area contributed by atoms with Gasteiger partial charge in [-0.15, -0.1) is 0 Å². The molecule has 0 unspecified atom stereocenters. The maximum Gasteiger partial charge on any atom is 0.411 e. The average molecular weight is 578 g/mol. The monoisotopic (exact) mass is 577 g/mol.